The third kappa shape index (κ3) is 3.20. The molecule has 0 aliphatic rings. The SMILES string of the molecule is CNc1cc(N(C)Cc2cccc(Br)c2)ncn1. The molecule has 4 nitrogen and oxygen atoms in total. The minimum absolute atomic E-state index is 0.805. The summed E-state index contributed by atoms with van der Waals surface area (Å²) in [6, 6.07) is 10.2. The van der Waals surface area contributed by atoms with Crippen LogP contribution in [0.15, 0.2) is 41.1 Å². The van der Waals surface area contributed by atoms with E-state index in [1.54, 1.807) is 6.33 Å². The Morgan fingerprint density at radius 3 is 2.83 bits per heavy atom. The second-order valence-electron chi connectivity index (χ2n) is 4.00. The fourth-order valence-corrected chi connectivity index (χ4v) is 2.13. The molecule has 0 aliphatic heterocycles. The normalized spacial score (nSPS) is 10.2. The average Bonchev–Trinajstić information content (AvgIpc) is 2.39. The number of rotatable bonds is 4. The second kappa shape index (κ2) is 5.82. The Hall–Kier alpha value is -1.62. The molecule has 1 aromatic carbocycles. The van der Waals surface area contributed by atoms with Gasteiger partial charge in [-0.15, -0.1) is 0 Å². The first-order chi connectivity index (χ1) is 8.69. The lowest BCUT2D eigenvalue weighted by Crippen LogP contribution is -2.18. The summed E-state index contributed by atoms with van der Waals surface area (Å²) < 4.78 is 1.09. The maximum Gasteiger partial charge on any atom is 0.134 e. The van der Waals surface area contributed by atoms with Crippen LogP contribution in [0.2, 0.25) is 0 Å². The van der Waals surface area contributed by atoms with Crippen LogP contribution in [0.5, 0.6) is 0 Å². The molecule has 2 rings (SSSR count). The number of anilines is 2. The highest BCUT2D eigenvalue weighted by Crippen LogP contribution is 2.17. The molecule has 0 aliphatic carbocycles. The molecule has 0 amide bonds. The third-order valence-corrected chi connectivity index (χ3v) is 3.10. The van der Waals surface area contributed by atoms with E-state index in [-0.39, 0.29) is 0 Å². The van der Waals surface area contributed by atoms with Gasteiger partial charge in [-0.1, -0.05) is 28.1 Å². The molecule has 0 atom stereocenters. The minimum atomic E-state index is 0.805. The second-order valence-corrected chi connectivity index (χ2v) is 4.91. The molecule has 1 heterocycles. The van der Waals surface area contributed by atoms with Crippen molar-refractivity contribution in [1.29, 1.82) is 0 Å². The number of nitrogens with one attached hydrogen (secondary N) is 1. The van der Waals surface area contributed by atoms with Crippen LogP contribution in [-0.4, -0.2) is 24.1 Å². The molecule has 94 valence electrons. The molecule has 5 heteroatoms. The van der Waals surface area contributed by atoms with Crippen LogP contribution < -0.4 is 10.2 Å². The van der Waals surface area contributed by atoms with Gasteiger partial charge in [0, 0.05) is 31.2 Å². The number of hydrogen-bond acceptors (Lipinski definition) is 4. The molecule has 1 N–H and O–H groups in total. The van der Waals surface area contributed by atoms with Crippen molar-refractivity contribution in [2.24, 2.45) is 0 Å². The van der Waals surface area contributed by atoms with E-state index < -0.39 is 0 Å². The maximum absolute atomic E-state index is 4.27. The highest BCUT2D eigenvalue weighted by Gasteiger charge is 2.05. The zero-order valence-corrected chi connectivity index (χ0v) is 12.0. The number of nitrogens with zero attached hydrogens (tertiary/aromatic N) is 3. The van der Waals surface area contributed by atoms with Crippen molar-refractivity contribution in [2.75, 3.05) is 24.3 Å². The summed E-state index contributed by atoms with van der Waals surface area (Å²) in [5.74, 6) is 1.72. The zero-order valence-electron chi connectivity index (χ0n) is 10.4. The average molecular weight is 307 g/mol. The largest absolute Gasteiger partial charge is 0.373 e. The first-order valence-corrected chi connectivity index (χ1v) is 6.43. The molecule has 2 aromatic rings. The van der Waals surface area contributed by atoms with Gasteiger partial charge < -0.3 is 10.2 Å². The molecule has 0 spiro atoms. The molecule has 0 saturated carbocycles. The van der Waals surface area contributed by atoms with Crippen LogP contribution >= 0.6 is 15.9 Å². The number of aromatic nitrogens is 2. The number of benzene rings is 1. The van der Waals surface area contributed by atoms with Crippen LogP contribution in [0, 0.1) is 0 Å². The van der Waals surface area contributed by atoms with E-state index in [0.29, 0.717) is 0 Å². The van der Waals surface area contributed by atoms with Crippen molar-refractivity contribution in [3.63, 3.8) is 0 Å². The Morgan fingerprint density at radius 1 is 1.28 bits per heavy atom. The van der Waals surface area contributed by atoms with Gasteiger partial charge in [0.2, 0.25) is 0 Å². The third-order valence-electron chi connectivity index (χ3n) is 2.61. The summed E-state index contributed by atoms with van der Waals surface area (Å²) in [7, 11) is 3.86. The highest BCUT2D eigenvalue weighted by molar-refractivity contribution is 9.10. The van der Waals surface area contributed by atoms with Crippen molar-refractivity contribution in [3.05, 3.63) is 46.7 Å². The zero-order chi connectivity index (χ0) is 13.0. The van der Waals surface area contributed by atoms with E-state index in [4.69, 9.17) is 0 Å². The summed E-state index contributed by atoms with van der Waals surface area (Å²) in [5, 5.41) is 3.01. The summed E-state index contributed by atoms with van der Waals surface area (Å²) in [6.07, 6.45) is 1.57. The summed E-state index contributed by atoms with van der Waals surface area (Å²) in [4.78, 5) is 10.5. The number of halogens is 1. The van der Waals surface area contributed by atoms with Crippen molar-refractivity contribution in [3.8, 4) is 0 Å². The van der Waals surface area contributed by atoms with Crippen molar-refractivity contribution >= 4 is 27.6 Å². The summed E-state index contributed by atoms with van der Waals surface area (Å²) >= 11 is 3.48. The smallest absolute Gasteiger partial charge is 0.134 e. The fourth-order valence-electron chi connectivity index (χ4n) is 1.68. The van der Waals surface area contributed by atoms with Crippen LogP contribution in [0.3, 0.4) is 0 Å². The lowest BCUT2D eigenvalue weighted by molar-refractivity contribution is 0.891. The van der Waals surface area contributed by atoms with Gasteiger partial charge in [-0.25, -0.2) is 9.97 Å². The first kappa shape index (κ1) is 12.8. The predicted molar refractivity (Wildman–Crippen MR) is 77.8 cm³/mol. The molecule has 0 fully saturated rings. The molecular weight excluding hydrogens is 292 g/mol. The minimum Gasteiger partial charge on any atom is -0.373 e. The molecule has 0 radical (unpaired) electrons. The summed E-state index contributed by atoms with van der Waals surface area (Å²) in [6.45, 7) is 0.805. The Labute approximate surface area is 115 Å². The fraction of sp³-hybridized carbons (Fsp3) is 0.231. The van der Waals surface area contributed by atoms with Crippen molar-refractivity contribution in [1.82, 2.24) is 9.97 Å². The molecule has 0 bridgehead atoms. The monoisotopic (exact) mass is 306 g/mol. The Morgan fingerprint density at radius 2 is 2.11 bits per heavy atom. The van der Waals surface area contributed by atoms with Gasteiger partial charge in [0.15, 0.2) is 0 Å². The van der Waals surface area contributed by atoms with E-state index >= 15 is 0 Å². The molecular formula is C13H15BrN4. The van der Waals surface area contributed by atoms with E-state index in [1.807, 2.05) is 32.3 Å². The van der Waals surface area contributed by atoms with Gasteiger partial charge in [0.25, 0.3) is 0 Å². The molecule has 18 heavy (non-hydrogen) atoms. The first-order valence-electron chi connectivity index (χ1n) is 5.64. The molecule has 0 saturated heterocycles. The Bertz CT molecular complexity index is 530. The topological polar surface area (TPSA) is 41.0 Å². The van der Waals surface area contributed by atoms with Gasteiger partial charge in [0.05, 0.1) is 0 Å². The molecule has 0 unspecified atom stereocenters. The van der Waals surface area contributed by atoms with Gasteiger partial charge in [-0.3, -0.25) is 0 Å². The number of hydrogen-bond donors (Lipinski definition) is 1. The van der Waals surface area contributed by atoms with Gasteiger partial charge >= 0.3 is 0 Å². The van der Waals surface area contributed by atoms with Crippen LogP contribution in [-0.2, 0) is 6.54 Å². The highest BCUT2D eigenvalue weighted by atomic mass is 79.9. The van der Waals surface area contributed by atoms with Crippen molar-refractivity contribution < 1.29 is 0 Å². The van der Waals surface area contributed by atoms with Crippen LogP contribution in [0.4, 0.5) is 11.6 Å². The lowest BCUT2D eigenvalue weighted by atomic mass is 10.2. The van der Waals surface area contributed by atoms with Crippen LogP contribution in [0.25, 0.3) is 0 Å². The van der Waals surface area contributed by atoms with Crippen LogP contribution in [0.1, 0.15) is 5.56 Å². The van der Waals surface area contributed by atoms with E-state index in [0.717, 1.165) is 22.7 Å². The van der Waals surface area contributed by atoms with E-state index in [2.05, 4.69) is 48.2 Å². The maximum atomic E-state index is 4.27. The Balaban J connectivity index is 2.13. The summed E-state index contributed by atoms with van der Waals surface area (Å²) in [5.41, 5.74) is 1.23. The van der Waals surface area contributed by atoms with Gasteiger partial charge in [0.1, 0.15) is 18.0 Å². The molecule has 1 aromatic heterocycles. The van der Waals surface area contributed by atoms with E-state index in [9.17, 15) is 0 Å². The Kier molecular flexibility index (Phi) is 4.15. The predicted octanol–water partition coefficient (Wildman–Crippen LogP) is 2.92. The lowest BCUT2D eigenvalue weighted by Gasteiger charge is -2.18. The van der Waals surface area contributed by atoms with Gasteiger partial charge in [-0.2, -0.15) is 0 Å². The van der Waals surface area contributed by atoms with Crippen molar-refractivity contribution in [2.45, 2.75) is 6.54 Å². The quantitative estimate of drug-likeness (QED) is 0.943. The standard InChI is InChI=1S/C13H15BrN4/c1-15-12-7-13(17-9-16-12)18(2)8-10-4-3-5-11(14)6-10/h3-7,9H,8H2,1-2H3,(H,15,16,17). The van der Waals surface area contributed by atoms with E-state index in [1.165, 1.54) is 5.56 Å². The van der Waals surface area contributed by atoms with Gasteiger partial charge in [-0.05, 0) is 17.7 Å².